The minimum Gasteiger partial charge on any atom is -0.388 e. The third-order valence-corrected chi connectivity index (χ3v) is 5.00. The van der Waals surface area contributed by atoms with Crippen molar-refractivity contribution in [2.45, 2.75) is 52.6 Å². The first-order chi connectivity index (χ1) is 10.0. The second-order valence-electron chi connectivity index (χ2n) is 7.28. The van der Waals surface area contributed by atoms with Crippen LogP contribution in [0.3, 0.4) is 0 Å². The monoisotopic (exact) mass is 289 g/mol. The average Bonchev–Trinajstić information content (AvgIpc) is 2.72. The van der Waals surface area contributed by atoms with E-state index < -0.39 is 6.10 Å². The summed E-state index contributed by atoms with van der Waals surface area (Å²) in [7, 11) is 0. The number of hydrogen-bond acceptors (Lipinski definition) is 2. The molecule has 1 N–H and O–H groups in total. The molecular weight excluding hydrogens is 258 g/mol. The Hall–Kier alpha value is -0.860. The summed E-state index contributed by atoms with van der Waals surface area (Å²) in [6.45, 7) is 10.0. The van der Waals surface area contributed by atoms with Gasteiger partial charge in [-0.25, -0.2) is 0 Å². The van der Waals surface area contributed by atoms with E-state index in [1.54, 1.807) is 0 Å². The lowest BCUT2D eigenvalue weighted by Crippen LogP contribution is -2.38. The van der Waals surface area contributed by atoms with Crippen LogP contribution in [-0.2, 0) is 0 Å². The molecule has 2 heteroatoms. The Labute approximate surface area is 130 Å². The Morgan fingerprint density at radius 2 is 1.90 bits per heavy atom. The van der Waals surface area contributed by atoms with E-state index in [9.17, 15) is 5.11 Å². The van der Waals surface area contributed by atoms with Gasteiger partial charge in [-0.15, -0.1) is 0 Å². The number of hydrogen-bond donors (Lipinski definition) is 1. The van der Waals surface area contributed by atoms with Crippen LogP contribution in [0.4, 0.5) is 0 Å². The van der Waals surface area contributed by atoms with Gasteiger partial charge in [0.25, 0.3) is 0 Å². The van der Waals surface area contributed by atoms with Gasteiger partial charge in [0.05, 0.1) is 6.10 Å². The van der Waals surface area contributed by atoms with E-state index in [0.29, 0.717) is 0 Å². The van der Waals surface area contributed by atoms with E-state index in [2.05, 4.69) is 25.7 Å². The number of nitrogens with zero attached hydrogens (tertiary/aromatic N) is 1. The molecule has 2 atom stereocenters. The van der Waals surface area contributed by atoms with E-state index in [1.807, 2.05) is 30.3 Å². The molecular formula is C19H31NO. The highest BCUT2D eigenvalue weighted by Crippen LogP contribution is 2.34. The van der Waals surface area contributed by atoms with Gasteiger partial charge >= 0.3 is 0 Å². The van der Waals surface area contributed by atoms with Crippen LogP contribution in [0.15, 0.2) is 30.3 Å². The molecule has 0 bridgehead atoms. The molecule has 2 nitrogen and oxygen atoms in total. The van der Waals surface area contributed by atoms with Crippen LogP contribution in [0.5, 0.6) is 0 Å². The quantitative estimate of drug-likeness (QED) is 0.875. The van der Waals surface area contributed by atoms with Crippen LogP contribution >= 0.6 is 0 Å². The summed E-state index contributed by atoms with van der Waals surface area (Å²) in [5.41, 5.74) is 0.914. The molecule has 0 spiro atoms. The lowest BCUT2D eigenvalue weighted by molar-refractivity contribution is 0.0207. The topological polar surface area (TPSA) is 23.5 Å². The van der Waals surface area contributed by atoms with Crippen molar-refractivity contribution in [3.8, 4) is 0 Å². The molecule has 1 saturated heterocycles. The SMILES string of the molecule is CCC1CCCN(CC(C)(C)C(O)c2ccccc2)CC1. The number of benzene rings is 1. The van der Waals surface area contributed by atoms with Gasteiger partial charge < -0.3 is 10.0 Å². The Kier molecular flexibility index (Phi) is 5.83. The van der Waals surface area contributed by atoms with Crippen LogP contribution in [0, 0.1) is 11.3 Å². The van der Waals surface area contributed by atoms with E-state index >= 15 is 0 Å². The standard InChI is InChI=1S/C19H31NO/c1-4-16-9-8-13-20(14-12-16)15-19(2,3)18(21)17-10-6-5-7-11-17/h5-7,10-11,16,18,21H,4,8-9,12-15H2,1-3H3. The van der Waals surface area contributed by atoms with Gasteiger partial charge in [0.1, 0.15) is 0 Å². The highest BCUT2D eigenvalue weighted by molar-refractivity contribution is 5.19. The first kappa shape index (κ1) is 16.5. The summed E-state index contributed by atoms with van der Waals surface area (Å²) in [5.74, 6) is 0.900. The summed E-state index contributed by atoms with van der Waals surface area (Å²) in [6, 6.07) is 10.1. The second kappa shape index (κ2) is 7.42. The molecule has 118 valence electrons. The predicted molar refractivity (Wildman–Crippen MR) is 89.3 cm³/mol. The second-order valence-corrected chi connectivity index (χ2v) is 7.28. The molecule has 1 aromatic rings. The third-order valence-electron chi connectivity index (χ3n) is 5.00. The summed E-state index contributed by atoms with van der Waals surface area (Å²) < 4.78 is 0. The van der Waals surface area contributed by atoms with Crippen molar-refractivity contribution in [3.63, 3.8) is 0 Å². The van der Waals surface area contributed by atoms with Gasteiger partial charge in [-0.05, 0) is 43.8 Å². The molecule has 1 fully saturated rings. The number of likely N-dealkylation sites (tertiary alicyclic amines) is 1. The molecule has 0 amide bonds. The van der Waals surface area contributed by atoms with Crippen molar-refractivity contribution in [3.05, 3.63) is 35.9 Å². The van der Waals surface area contributed by atoms with Crippen molar-refractivity contribution in [2.24, 2.45) is 11.3 Å². The normalized spacial score (nSPS) is 22.8. The van der Waals surface area contributed by atoms with E-state index in [1.165, 1.54) is 38.8 Å². The van der Waals surface area contributed by atoms with Crippen molar-refractivity contribution in [2.75, 3.05) is 19.6 Å². The maximum absolute atomic E-state index is 10.7. The fourth-order valence-corrected chi connectivity index (χ4v) is 3.54. The zero-order chi connectivity index (χ0) is 15.3. The molecule has 0 radical (unpaired) electrons. The average molecular weight is 289 g/mol. The number of rotatable bonds is 5. The Morgan fingerprint density at radius 3 is 2.57 bits per heavy atom. The number of aliphatic hydroxyl groups is 1. The van der Waals surface area contributed by atoms with Gasteiger partial charge in [-0.3, -0.25) is 0 Å². The molecule has 0 saturated carbocycles. The maximum atomic E-state index is 10.7. The molecule has 0 aliphatic carbocycles. The fraction of sp³-hybridized carbons (Fsp3) is 0.684. The minimum absolute atomic E-state index is 0.118. The van der Waals surface area contributed by atoms with Gasteiger partial charge in [0, 0.05) is 12.0 Å². The molecule has 1 aliphatic heterocycles. The predicted octanol–water partition coefficient (Wildman–Crippen LogP) is 4.26. The zero-order valence-electron chi connectivity index (χ0n) is 13.9. The van der Waals surface area contributed by atoms with Crippen molar-refractivity contribution < 1.29 is 5.11 Å². The molecule has 1 aliphatic rings. The lowest BCUT2D eigenvalue weighted by atomic mass is 9.82. The van der Waals surface area contributed by atoms with Crippen LogP contribution < -0.4 is 0 Å². The maximum Gasteiger partial charge on any atom is 0.0853 e. The first-order valence-corrected chi connectivity index (χ1v) is 8.48. The highest BCUT2D eigenvalue weighted by atomic mass is 16.3. The molecule has 0 aromatic heterocycles. The minimum atomic E-state index is -0.399. The van der Waals surface area contributed by atoms with Crippen LogP contribution in [0.1, 0.15) is 58.1 Å². The summed E-state index contributed by atoms with van der Waals surface area (Å²) >= 11 is 0. The van der Waals surface area contributed by atoms with Crippen molar-refractivity contribution in [1.82, 2.24) is 4.90 Å². The Morgan fingerprint density at radius 1 is 1.19 bits per heavy atom. The Bertz CT molecular complexity index is 415. The third kappa shape index (κ3) is 4.55. The van der Waals surface area contributed by atoms with Crippen molar-refractivity contribution >= 4 is 0 Å². The lowest BCUT2D eigenvalue weighted by Gasteiger charge is -2.36. The van der Waals surface area contributed by atoms with E-state index in [-0.39, 0.29) is 5.41 Å². The van der Waals surface area contributed by atoms with E-state index in [0.717, 1.165) is 18.0 Å². The summed E-state index contributed by atoms with van der Waals surface area (Å²) in [4.78, 5) is 2.56. The Balaban J connectivity index is 1.97. The van der Waals surface area contributed by atoms with E-state index in [4.69, 9.17) is 0 Å². The molecule has 2 unspecified atom stereocenters. The molecule has 1 aromatic carbocycles. The fourth-order valence-electron chi connectivity index (χ4n) is 3.54. The van der Waals surface area contributed by atoms with Crippen LogP contribution in [0.25, 0.3) is 0 Å². The smallest absolute Gasteiger partial charge is 0.0853 e. The van der Waals surface area contributed by atoms with Crippen LogP contribution in [0.2, 0.25) is 0 Å². The number of aliphatic hydroxyl groups excluding tert-OH is 1. The highest BCUT2D eigenvalue weighted by Gasteiger charge is 2.31. The largest absolute Gasteiger partial charge is 0.388 e. The molecule has 21 heavy (non-hydrogen) atoms. The van der Waals surface area contributed by atoms with Crippen LogP contribution in [-0.4, -0.2) is 29.6 Å². The van der Waals surface area contributed by atoms with Gasteiger partial charge in [0.15, 0.2) is 0 Å². The molecule has 1 heterocycles. The van der Waals surface area contributed by atoms with Gasteiger partial charge in [-0.2, -0.15) is 0 Å². The first-order valence-electron chi connectivity index (χ1n) is 8.48. The summed E-state index contributed by atoms with van der Waals surface area (Å²) in [5, 5.41) is 10.7. The summed E-state index contributed by atoms with van der Waals surface area (Å²) in [6.07, 6.45) is 4.90. The van der Waals surface area contributed by atoms with Gasteiger partial charge in [-0.1, -0.05) is 57.5 Å². The molecule has 2 rings (SSSR count). The van der Waals surface area contributed by atoms with Crippen molar-refractivity contribution in [1.29, 1.82) is 0 Å². The zero-order valence-corrected chi connectivity index (χ0v) is 13.9. The van der Waals surface area contributed by atoms with Gasteiger partial charge in [0.2, 0.25) is 0 Å².